The number of benzene rings is 2. The van der Waals surface area contributed by atoms with Gasteiger partial charge < -0.3 is 9.88 Å². The molecule has 0 radical (unpaired) electrons. The standard InChI is InChI=1S/C25H25FN4O2/c1-17(2)19-5-7-20(8-6-19)22-15-23-25(32)29(13-14-30(23)28-22)12-11-24(31)27-16-18-3-9-21(26)10-4-18/h3-10,13-15,17H,11-12,16H2,1-2H3,(H,27,31). The van der Waals surface area contributed by atoms with Gasteiger partial charge in [-0.25, -0.2) is 8.91 Å². The number of hydrogen-bond donors (Lipinski definition) is 1. The Hall–Kier alpha value is -3.74. The van der Waals surface area contributed by atoms with Crippen molar-refractivity contribution in [3.05, 3.63) is 94.3 Å². The van der Waals surface area contributed by atoms with Gasteiger partial charge in [0.2, 0.25) is 5.91 Å². The molecule has 0 spiro atoms. The highest BCUT2D eigenvalue weighted by Crippen LogP contribution is 2.22. The average Bonchev–Trinajstić information content (AvgIpc) is 3.23. The number of fused-ring (bicyclic) bond motifs is 1. The topological polar surface area (TPSA) is 68.4 Å². The van der Waals surface area contributed by atoms with Crippen LogP contribution >= 0.6 is 0 Å². The summed E-state index contributed by atoms with van der Waals surface area (Å²) in [6, 6.07) is 15.9. The molecule has 0 saturated heterocycles. The second-order valence-electron chi connectivity index (χ2n) is 8.09. The van der Waals surface area contributed by atoms with Gasteiger partial charge >= 0.3 is 0 Å². The van der Waals surface area contributed by atoms with Gasteiger partial charge in [0.05, 0.1) is 5.69 Å². The van der Waals surface area contributed by atoms with E-state index in [4.69, 9.17) is 0 Å². The van der Waals surface area contributed by atoms with Crippen molar-refractivity contribution in [2.75, 3.05) is 0 Å². The van der Waals surface area contributed by atoms with Crippen molar-refractivity contribution in [3.8, 4) is 11.3 Å². The summed E-state index contributed by atoms with van der Waals surface area (Å²) in [7, 11) is 0. The van der Waals surface area contributed by atoms with Gasteiger partial charge in [-0.2, -0.15) is 5.10 Å². The van der Waals surface area contributed by atoms with Crippen LogP contribution in [0.4, 0.5) is 4.39 Å². The van der Waals surface area contributed by atoms with Crippen molar-refractivity contribution in [1.82, 2.24) is 19.5 Å². The first-order chi connectivity index (χ1) is 15.4. The highest BCUT2D eigenvalue weighted by Gasteiger charge is 2.11. The average molecular weight is 432 g/mol. The van der Waals surface area contributed by atoms with Gasteiger partial charge in [-0.1, -0.05) is 50.2 Å². The minimum Gasteiger partial charge on any atom is -0.352 e. The van der Waals surface area contributed by atoms with E-state index < -0.39 is 0 Å². The Balaban J connectivity index is 1.43. The van der Waals surface area contributed by atoms with Gasteiger partial charge in [-0.05, 0) is 35.2 Å². The minimum atomic E-state index is -0.314. The fraction of sp³-hybridized carbons (Fsp3) is 0.240. The third-order valence-corrected chi connectivity index (χ3v) is 5.46. The van der Waals surface area contributed by atoms with Crippen LogP contribution in [0.15, 0.2) is 71.8 Å². The van der Waals surface area contributed by atoms with E-state index in [9.17, 15) is 14.0 Å². The molecule has 0 bridgehead atoms. The number of carbonyl (C=O) groups excluding carboxylic acids is 1. The summed E-state index contributed by atoms with van der Waals surface area (Å²) < 4.78 is 16.0. The number of nitrogens with zero attached hydrogens (tertiary/aromatic N) is 3. The molecule has 7 heteroatoms. The molecule has 1 N–H and O–H groups in total. The maximum Gasteiger partial charge on any atom is 0.276 e. The molecule has 0 aliphatic rings. The van der Waals surface area contributed by atoms with Crippen molar-refractivity contribution in [2.24, 2.45) is 0 Å². The third kappa shape index (κ3) is 4.77. The highest BCUT2D eigenvalue weighted by atomic mass is 19.1. The lowest BCUT2D eigenvalue weighted by atomic mass is 10.0. The van der Waals surface area contributed by atoms with E-state index in [1.165, 1.54) is 22.3 Å². The summed E-state index contributed by atoms with van der Waals surface area (Å²) in [5, 5.41) is 7.31. The van der Waals surface area contributed by atoms with Crippen LogP contribution in [-0.2, 0) is 17.9 Å². The molecular weight excluding hydrogens is 407 g/mol. The molecule has 1 amide bonds. The van der Waals surface area contributed by atoms with E-state index in [2.05, 4.69) is 36.4 Å². The van der Waals surface area contributed by atoms with Crippen LogP contribution in [0, 0.1) is 5.82 Å². The van der Waals surface area contributed by atoms with Crippen LogP contribution in [0.2, 0.25) is 0 Å². The summed E-state index contributed by atoms with van der Waals surface area (Å²) >= 11 is 0. The zero-order valence-electron chi connectivity index (χ0n) is 18.1. The van der Waals surface area contributed by atoms with Crippen molar-refractivity contribution in [3.63, 3.8) is 0 Å². The number of amides is 1. The first kappa shape index (κ1) is 21.5. The van der Waals surface area contributed by atoms with Crippen molar-refractivity contribution < 1.29 is 9.18 Å². The zero-order valence-corrected chi connectivity index (χ0v) is 18.1. The van der Waals surface area contributed by atoms with Crippen LogP contribution in [0.5, 0.6) is 0 Å². The van der Waals surface area contributed by atoms with Crippen LogP contribution in [0.25, 0.3) is 16.8 Å². The van der Waals surface area contributed by atoms with Crippen LogP contribution in [-0.4, -0.2) is 20.1 Å². The van der Waals surface area contributed by atoms with E-state index in [1.807, 2.05) is 12.1 Å². The van der Waals surface area contributed by atoms with Gasteiger partial charge in [0, 0.05) is 37.5 Å². The number of hydrogen-bond acceptors (Lipinski definition) is 3. The van der Waals surface area contributed by atoms with Crippen molar-refractivity contribution in [2.45, 2.75) is 39.3 Å². The fourth-order valence-corrected chi connectivity index (χ4v) is 3.50. The molecule has 0 atom stereocenters. The van der Waals surface area contributed by atoms with Crippen LogP contribution in [0.1, 0.15) is 37.3 Å². The molecule has 0 saturated carbocycles. The molecule has 0 fully saturated rings. The molecule has 2 aromatic carbocycles. The van der Waals surface area contributed by atoms with E-state index in [0.717, 1.165) is 16.8 Å². The number of nitrogens with one attached hydrogen (secondary N) is 1. The summed E-state index contributed by atoms with van der Waals surface area (Å²) in [4.78, 5) is 25.1. The molecule has 0 aliphatic heterocycles. The number of aromatic nitrogens is 3. The first-order valence-electron chi connectivity index (χ1n) is 10.6. The lowest BCUT2D eigenvalue weighted by molar-refractivity contribution is -0.121. The maximum absolute atomic E-state index is 13.0. The Morgan fingerprint density at radius 2 is 1.78 bits per heavy atom. The maximum atomic E-state index is 13.0. The highest BCUT2D eigenvalue weighted by molar-refractivity contribution is 5.75. The fourth-order valence-electron chi connectivity index (χ4n) is 3.50. The molecule has 2 heterocycles. The normalized spacial score (nSPS) is 11.2. The number of carbonyl (C=O) groups is 1. The predicted octanol–water partition coefficient (Wildman–Crippen LogP) is 4.13. The third-order valence-electron chi connectivity index (χ3n) is 5.46. The monoisotopic (exact) mass is 432 g/mol. The Bertz CT molecular complexity index is 1290. The molecule has 164 valence electrons. The van der Waals surface area contributed by atoms with Gasteiger partial charge in [0.15, 0.2) is 0 Å². The van der Waals surface area contributed by atoms with Gasteiger partial charge in [0.1, 0.15) is 11.3 Å². The Kier molecular flexibility index (Phi) is 6.16. The molecule has 32 heavy (non-hydrogen) atoms. The summed E-state index contributed by atoms with van der Waals surface area (Å²) in [6.07, 6.45) is 3.52. The van der Waals surface area contributed by atoms with E-state index >= 15 is 0 Å². The summed E-state index contributed by atoms with van der Waals surface area (Å²) in [5.41, 5.74) is 4.00. The van der Waals surface area contributed by atoms with Crippen LogP contribution in [0.3, 0.4) is 0 Å². The van der Waals surface area contributed by atoms with Gasteiger partial charge in [0.25, 0.3) is 5.56 Å². The molecule has 4 aromatic rings. The molecule has 0 unspecified atom stereocenters. The largest absolute Gasteiger partial charge is 0.352 e. The molecule has 4 rings (SSSR count). The number of halogens is 1. The quantitative estimate of drug-likeness (QED) is 0.477. The summed E-state index contributed by atoms with van der Waals surface area (Å²) in [5.74, 6) is -0.0452. The minimum absolute atomic E-state index is 0.162. The second kappa shape index (κ2) is 9.18. The lowest BCUT2D eigenvalue weighted by Crippen LogP contribution is -2.27. The molecule has 0 aliphatic carbocycles. The first-order valence-corrected chi connectivity index (χ1v) is 10.6. The Morgan fingerprint density at radius 1 is 1.06 bits per heavy atom. The van der Waals surface area contributed by atoms with E-state index in [1.54, 1.807) is 35.1 Å². The predicted molar refractivity (Wildman–Crippen MR) is 122 cm³/mol. The SMILES string of the molecule is CC(C)c1ccc(-c2cc3c(=O)n(CCC(=O)NCc4ccc(F)cc4)ccn3n2)cc1. The zero-order chi connectivity index (χ0) is 22.7. The molecule has 6 nitrogen and oxygen atoms in total. The van der Waals surface area contributed by atoms with Gasteiger partial charge in [-0.3, -0.25) is 9.59 Å². The lowest BCUT2D eigenvalue weighted by Gasteiger charge is -2.07. The van der Waals surface area contributed by atoms with Crippen molar-refractivity contribution >= 4 is 11.4 Å². The van der Waals surface area contributed by atoms with Crippen LogP contribution < -0.4 is 10.9 Å². The smallest absolute Gasteiger partial charge is 0.276 e. The molecular formula is C25H25FN4O2. The number of aryl methyl sites for hydroxylation is 1. The van der Waals surface area contributed by atoms with E-state index in [0.29, 0.717) is 18.0 Å². The Morgan fingerprint density at radius 3 is 2.47 bits per heavy atom. The van der Waals surface area contributed by atoms with Crippen molar-refractivity contribution in [1.29, 1.82) is 0 Å². The second-order valence-corrected chi connectivity index (χ2v) is 8.09. The van der Waals surface area contributed by atoms with Gasteiger partial charge in [-0.15, -0.1) is 0 Å². The summed E-state index contributed by atoms with van der Waals surface area (Å²) in [6.45, 7) is 4.86. The number of rotatable bonds is 7. The molecule has 2 aromatic heterocycles. The van der Waals surface area contributed by atoms with E-state index in [-0.39, 0.29) is 30.2 Å². The Labute approximate surface area is 185 Å².